The summed E-state index contributed by atoms with van der Waals surface area (Å²) in [6.45, 7) is -1.26. The first kappa shape index (κ1) is 12.3. The molecule has 0 aliphatic carbocycles. The van der Waals surface area contributed by atoms with Crippen LogP contribution in [0.2, 0.25) is 0 Å². The number of carbonyl (C=O) groups is 1. The lowest BCUT2D eigenvalue weighted by Gasteiger charge is -2.08. The predicted molar refractivity (Wildman–Crippen MR) is 49.5 cm³/mol. The second-order valence-electron chi connectivity index (χ2n) is 3.13. The molecule has 0 unspecified atom stereocenters. The fraction of sp³-hybridized carbons (Fsp3) is 0.500. The number of urea groups is 1. The number of carbonyl (C=O) groups excluding carboxylic acids is 1. The Morgan fingerprint density at radius 1 is 1.50 bits per heavy atom. The molecule has 0 aliphatic heterocycles. The Labute approximate surface area is 89.6 Å². The number of hydrogen-bond donors (Lipinski definition) is 2. The third-order valence-electron chi connectivity index (χ3n) is 1.65. The van der Waals surface area contributed by atoms with Crippen molar-refractivity contribution in [3.05, 3.63) is 18.0 Å². The van der Waals surface area contributed by atoms with Gasteiger partial charge in [0.05, 0.1) is 12.2 Å². The normalized spacial score (nSPS) is 11.2. The number of amides is 2. The predicted octanol–water partition coefficient (Wildman–Crippen LogP) is 0.782. The van der Waals surface area contributed by atoms with Crippen molar-refractivity contribution in [3.8, 4) is 0 Å². The van der Waals surface area contributed by atoms with E-state index in [1.807, 2.05) is 0 Å². The molecule has 1 aromatic rings. The Morgan fingerprint density at radius 3 is 2.69 bits per heavy atom. The molecule has 0 saturated heterocycles. The van der Waals surface area contributed by atoms with E-state index in [9.17, 15) is 18.0 Å². The summed E-state index contributed by atoms with van der Waals surface area (Å²) < 4.78 is 36.7. The van der Waals surface area contributed by atoms with Crippen LogP contribution in [0.3, 0.4) is 0 Å². The second-order valence-corrected chi connectivity index (χ2v) is 3.13. The van der Waals surface area contributed by atoms with Gasteiger partial charge in [0.25, 0.3) is 0 Å². The van der Waals surface area contributed by atoms with E-state index in [2.05, 4.69) is 10.4 Å². The van der Waals surface area contributed by atoms with Crippen LogP contribution < -0.4 is 10.6 Å². The van der Waals surface area contributed by atoms with Crippen LogP contribution in [0.4, 0.5) is 18.0 Å². The fourth-order valence-electron chi connectivity index (χ4n) is 0.971. The van der Waals surface area contributed by atoms with Gasteiger partial charge in [-0.1, -0.05) is 0 Å². The number of nitrogens with zero attached hydrogens (tertiary/aromatic N) is 2. The van der Waals surface area contributed by atoms with E-state index in [1.165, 1.54) is 4.68 Å². The third kappa shape index (κ3) is 4.67. The first-order chi connectivity index (χ1) is 7.37. The van der Waals surface area contributed by atoms with Gasteiger partial charge in [-0.05, 0) is 6.07 Å². The van der Waals surface area contributed by atoms with Crippen LogP contribution in [-0.4, -0.2) is 28.5 Å². The average molecular weight is 236 g/mol. The van der Waals surface area contributed by atoms with Crippen molar-refractivity contribution in [2.75, 3.05) is 6.54 Å². The van der Waals surface area contributed by atoms with Gasteiger partial charge in [-0.25, -0.2) is 4.79 Å². The van der Waals surface area contributed by atoms with Crippen molar-refractivity contribution in [2.45, 2.75) is 12.7 Å². The molecule has 2 N–H and O–H groups in total. The summed E-state index contributed by atoms with van der Waals surface area (Å²) in [4.78, 5) is 10.9. The van der Waals surface area contributed by atoms with Crippen molar-refractivity contribution in [1.82, 2.24) is 20.4 Å². The number of aromatic nitrogens is 2. The Bertz CT molecular complexity index is 360. The molecule has 0 bridgehead atoms. The van der Waals surface area contributed by atoms with E-state index >= 15 is 0 Å². The molecule has 16 heavy (non-hydrogen) atoms. The van der Waals surface area contributed by atoms with Crippen molar-refractivity contribution in [2.24, 2.45) is 7.05 Å². The highest BCUT2D eigenvalue weighted by Crippen LogP contribution is 2.11. The van der Waals surface area contributed by atoms with Crippen molar-refractivity contribution in [1.29, 1.82) is 0 Å². The first-order valence-corrected chi connectivity index (χ1v) is 4.44. The zero-order chi connectivity index (χ0) is 12.2. The first-order valence-electron chi connectivity index (χ1n) is 4.44. The van der Waals surface area contributed by atoms with Crippen molar-refractivity contribution >= 4 is 6.03 Å². The minimum atomic E-state index is -4.40. The molecule has 0 aliphatic rings. The Hall–Kier alpha value is -1.73. The van der Waals surface area contributed by atoms with Crippen LogP contribution in [0.15, 0.2) is 12.3 Å². The molecule has 1 aromatic heterocycles. The van der Waals surface area contributed by atoms with Crippen LogP contribution in [0, 0.1) is 0 Å². The molecule has 0 saturated carbocycles. The molecular formula is C8H11F3N4O. The van der Waals surface area contributed by atoms with E-state index in [-0.39, 0.29) is 6.54 Å². The van der Waals surface area contributed by atoms with E-state index in [0.717, 1.165) is 0 Å². The third-order valence-corrected chi connectivity index (χ3v) is 1.65. The zero-order valence-electron chi connectivity index (χ0n) is 8.51. The molecule has 0 spiro atoms. The van der Waals surface area contributed by atoms with Gasteiger partial charge in [0.1, 0.15) is 6.54 Å². The maximum atomic E-state index is 11.7. The fourth-order valence-corrected chi connectivity index (χ4v) is 0.971. The van der Waals surface area contributed by atoms with Crippen LogP contribution in [0.25, 0.3) is 0 Å². The highest BCUT2D eigenvalue weighted by molar-refractivity contribution is 5.73. The largest absolute Gasteiger partial charge is 0.405 e. The van der Waals surface area contributed by atoms with E-state index in [0.29, 0.717) is 5.69 Å². The number of aryl methyl sites for hydroxylation is 1. The van der Waals surface area contributed by atoms with Crippen LogP contribution in [0.5, 0.6) is 0 Å². The lowest BCUT2D eigenvalue weighted by atomic mass is 10.4. The Balaban J connectivity index is 2.25. The quantitative estimate of drug-likeness (QED) is 0.814. The van der Waals surface area contributed by atoms with Crippen molar-refractivity contribution in [3.63, 3.8) is 0 Å². The van der Waals surface area contributed by atoms with E-state index in [4.69, 9.17) is 0 Å². The molecule has 0 fully saturated rings. The summed E-state index contributed by atoms with van der Waals surface area (Å²) in [5, 5.41) is 7.89. The van der Waals surface area contributed by atoms with E-state index in [1.54, 1.807) is 24.6 Å². The number of hydrogen-bond acceptors (Lipinski definition) is 2. The van der Waals surface area contributed by atoms with Gasteiger partial charge >= 0.3 is 12.2 Å². The zero-order valence-corrected chi connectivity index (χ0v) is 8.51. The summed E-state index contributed by atoms with van der Waals surface area (Å²) >= 11 is 0. The number of alkyl halides is 3. The van der Waals surface area contributed by atoms with Gasteiger partial charge < -0.3 is 10.6 Å². The van der Waals surface area contributed by atoms with Gasteiger partial charge in [0.2, 0.25) is 0 Å². The molecule has 1 heterocycles. The Kier molecular flexibility index (Phi) is 3.75. The molecule has 2 amide bonds. The van der Waals surface area contributed by atoms with Gasteiger partial charge in [-0.15, -0.1) is 0 Å². The summed E-state index contributed by atoms with van der Waals surface area (Å²) in [7, 11) is 1.70. The maximum absolute atomic E-state index is 11.7. The number of rotatable bonds is 3. The number of nitrogens with one attached hydrogen (secondary N) is 2. The average Bonchev–Trinajstić information content (AvgIpc) is 2.57. The maximum Gasteiger partial charge on any atom is 0.405 e. The van der Waals surface area contributed by atoms with Crippen LogP contribution in [-0.2, 0) is 13.6 Å². The van der Waals surface area contributed by atoms with Crippen LogP contribution >= 0.6 is 0 Å². The summed E-state index contributed by atoms with van der Waals surface area (Å²) in [6, 6.07) is 0.785. The molecule has 90 valence electrons. The summed E-state index contributed by atoms with van der Waals surface area (Å²) in [5.41, 5.74) is 0.574. The minimum absolute atomic E-state index is 0.0878. The van der Waals surface area contributed by atoms with E-state index < -0.39 is 18.8 Å². The molecule has 8 heteroatoms. The van der Waals surface area contributed by atoms with Gasteiger partial charge in [-0.2, -0.15) is 18.3 Å². The lowest BCUT2D eigenvalue weighted by molar-refractivity contribution is -0.122. The summed E-state index contributed by atoms with van der Waals surface area (Å²) in [5.74, 6) is 0. The number of halogens is 3. The van der Waals surface area contributed by atoms with Gasteiger partial charge in [0.15, 0.2) is 0 Å². The highest BCUT2D eigenvalue weighted by atomic mass is 19.4. The standard InChI is InChI=1S/C8H11F3N4O/c1-15-3-2-6(14-15)4-12-7(16)13-5-8(9,10)11/h2-3H,4-5H2,1H3,(H2,12,13,16). The molecule has 1 rings (SSSR count). The van der Waals surface area contributed by atoms with Crippen LogP contribution in [0.1, 0.15) is 5.69 Å². The molecule has 0 radical (unpaired) electrons. The topological polar surface area (TPSA) is 59.0 Å². The minimum Gasteiger partial charge on any atom is -0.332 e. The summed E-state index contributed by atoms with van der Waals surface area (Å²) in [6.07, 6.45) is -2.73. The monoisotopic (exact) mass is 236 g/mol. The molecule has 0 atom stereocenters. The lowest BCUT2D eigenvalue weighted by Crippen LogP contribution is -2.40. The molecule has 0 aromatic carbocycles. The van der Waals surface area contributed by atoms with Gasteiger partial charge in [-0.3, -0.25) is 4.68 Å². The molecule has 5 nitrogen and oxygen atoms in total. The van der Waals surface area contributed by atoms with Crippen molar-refractivity contribution < 1.29 is 18.0 Å². The smallest absolute Gasteiger partial charge is 0.332 e. The van der Waals surface area contributed by atoms with Gasteiger partial charge in [0, 0.05) is 13.2 Å². The highest BCUT2D eigenvalue weighted by Gasteiger charge is 2.27. The Morgan fingerprint density at radius 2 is 2.19 bits per heavy atom. The molecular weight excluding hydrogens is 225 g/mol. The SMILES string of the molecule is Cn1ccc(CNC(=O)NCC(F)(F)F)n1. The second kappa shape index (κ2) is 4.86.